The van der Waals surface area contributed by atoms with Gasteiger partial charge in [-0.1, -0.05) is 67.6 Å². The fraction of sp³-hybridized carbons (Fsp3) is 0.471. The molecule has 4 heterocycles. The molecule has 0 bridgehead atoms. The van der Waals surface area contributed by atoms with Gasteiger partial charge in [-0.15, -0.1) is 0 Å². The standard InChI is InChI=1S/C34H44ClN5O6SSi/c1-21(2)38-47(3,42)39-25-13-11-23(12-14-25)22-7-9-24(10-8-22)30-26(35)17-27-33(37-30)40(20-43-15-16-48(4,5)6)34(36-27)46-29-19-45-31-28(41)18-44-32(29)31/h7-14,17,21,28-29,31-32,41H,15-16,18-20H2,1-6H3,(H,38,39,42)/t28-,29-,31-,32-,47?/m1/s1. The van der Waals surface area contributed by atoms with E-state index >= 15 is 0 Å². The van der Waals surface area contributed by atoms with Gasteiger partial charge in [0, 0.05) is 32.5 Å². The average molecular weight is 714 g/mol. The number of hydrogen-bond acceptors (Lipinski definition) is 9. The van der Waals surface area contributed by atoms with Gasteiger partial charge >= 0.3 is 6.01 Å². The van der Waals surface area contributed by atoms with Gasteiger partial charge in [-0.3, -0.25) is 4.57 Å². The Morgan fingerprint density at radius 1 is 1.04 bits per heavy atom. The van der Waals surface area contributed by atoms with Crippen molar-refractivity contribution in [3.05, 3.63) is 59.6 Å². The Bertz CT molecular complexity index is 1870. The molecule has 0 aliphatic carbocycles. The van der Waals surface area contributed by atoms with Crippen molar-refractivity contribution < 1.29 is 28.3 Å². The Balaban J connectivity index is 1.26. The van der Waals surface area contributed by atoms with Gasteiger partial charge in [0.2, 0.25) is 0 Å². The Morgan fingerprint density at radius 2 is 1.69 bits per heavy atom. The lowest BCUT2D eigenvalue weighted by Crippen LogP contribution is -2.35. The van der Waals surface area contributed by atoms with Crippen molar-refractivity contribution >= 4 is 46.4 Å². The summed E-state index contributed by atoms with van der Waals surface area (Å²) >= 11 is 6.81. The summed E-state index contributed by atoms with van der Waals surface area (Å²) in [5.41, 5.74) is 5.28. The Morgan fingerprint density at radius 3 is 2.35 bits per heavy atom. The molecule has 4 aromatic rings. The second kappa shape index (κ2) is 14.2. The molecule has 2 aliphatic rings. The number of benzene rings is 2. The van der Waals surface area contributed by atoms with E-state index in [4.69, 9.17) is 40.5 Å². The predicted octanol–water partition coefficient (Wildman–Crippen LogP) is 6.28. The fourth-order valence-corrected chi connectivity index (χ4v) is 8.29. The van der Waals surface area contributed by atoms with E-state index in [1.54, 1.807) is 12.3 Å². The first-order chi connectivity index (χ1) is 22.8. The molecule has 11 nitrogen and oxygen atoms in total. The molecule has 0 radical (unpaired) electrons. The molecule has 14 heteroatoms. The Labute approximate surface area is 288 Å². The minimum Gasteiger partial charge on any atom is -0.456 e. The number of fused-ring (bicyclic) bond motifs is 2. The molecular formula is C34H44ClN5O6SSi. The molecule has 5 atom stereocenters. The van der Waals surface area contributed by atoms with Crippen molar-refractivity contribution in [2.75, 3.05) is 26.1 Å². The highest BCUT2D eigenvalue weighted by Crippen LogP contribution is 2.35. The fourth-order valence-electron chi connectivity index (χ4n) is 5.83. The molecule has 2 aromatic carbocycles. The van der Waals surface area contributed by atoms with E-state index in [1.807, 2.05) is 66.9 Å². The van der Waals surface area contributed by atoms with E-state index in [9.17, 15) is 9.32 Å². The summed E-state index contributed by atoms with van der Waals surface area (Å²) in [7, 11) is -3.82. The van der Waals surface area contributed by atoms with Crippen LogP contribution in [-0.2, 0) is 30.9 Å². The molecule has 258 valence electrons. The number of hydrogen-bond donors (Lipinski definition) is 2. The smallest absolute Gasteiger partial charge is 0.301 e. The quantitative estimate of drug-likeness (QED) is 0.130. The number of aliphatic hydroxyl groups is 1. The van der Waals surface area contributed by atoms with E-state index in [0.717, 1.165) is 22.7 Å². The van der Waals surface area contributed by atoms with Crippen molar-refractivity contribution in [1.29, 1.82) is 0 Å². The third kappa shape index (κ3) is 8.11. The maximum atomic E-state index is 12.7. The van der Waals surface area contributed by atoms with Crippen LogP contribution in [0.5, 0.6) is 6.01 Å². The molecule has 2 N–H and O–H groups in total. The number of rotatable bonds is 12. The SMILES string of the molecule is CC(C)NS(C)(=O)=Nc1ccc(-c2ccc(-c3nc4c(cc3Cl)nc(O[C@@H]3CO[C@H]5[C@@H]3OC[C@H]5O)n4COCC[Si](C)(C)C)cc2)cc1. The van der Waals surface area contributed by atoms with Crippen LogP contribution in [0.15, 0.2) is 59.0 Å². The van der Waals surface area contributed by atoms with Crippen LogP contribution >= 0.6 is 11.6 Å². The second-order valence-corrected chi connectivity index (χ2v) is 22.0. The number of aromatic nitrogens is 3. The van der Waals surface area contributed by atoms with Gasteiger partial charge in [0.25, 0.3) is 0 Å². The zero-order valence-electron chi connectivity index (χ0n) is 28.2. The summed E-state index contributed by atoms with van der Waals surface area (Å²) in [6.07, 6.45) is -0.304. The molecular weight excluding hydrogens is 670 g/mol. The normalized spacial score (nSPS) is 22.3. The summed E-state index contributed by atoms with van der Waals surface area (Å²) in [6.45, 7) is 12.1. The van der Waals surface area contributed by atoms with Crippen LogP contribution < -0.4 is 9.46 Å². The first-order valence-electron chi connectivity index (χ1n) is 16.2. The lowest BCUT2D eigenvalue weighted by atomic mass is 10.0. The zero-order valence-corrected chi connectivity index (χ0v) is 30.8. The molecule has 6 rings (SSSR count). The van der Waals surface area contributed by atoms with Crippen molar-refractivity contribution in [3.8, 4) is 28.4 Å². The van der Waals surface area contributed by atoms with Crippen LogP contribution in [-0.4, -0.2) is 88.5 Å². The Hall–Kier alpha value is -2.88. The van der Waals surface area contributed by atoms with Gasteiger partial charge in [0.05, 0.1) is 29.6 Å². The van der Waals surface area contributed by atoms with E-state index in [0.29, 0.717) is 40.2 Å². The molecule has 0 saturated carbocycles. The summed E-state index contributed by atoms with van der Waals surface area (Å²) in [5, 5.41) is 10.7. The molecule has 2 aromatic heterocycles. The first kappa shape index (κ1) is 35.0. The number of imidazole rings is 1. The van der Waals surface area contributed by atoms with E-state index in [1.165, 1.54) is 0 Å². The summed E-state index contributed by atoms with van der Waals surface area (Å²) in [4.78, 5) is 9.73. The minimum atomic E-state index is -2.53. The second-order valence-electron chi connectivity index (χ2n) is 13.9. The van der Waals surface area contributed by atoms with E-state index in [-0.39, 0.29) is 32.1 Å². The summed E-state index contributed by atoms with van der Waals surface area (Å²) < 4.78 is 46.0. The number of pyridine rings is 1. The summed E-state index contributed by atoms with van der Waals surface area (Å²) in [6, 6.07) is 18.9. The maximum Gasteiger partial charge on any atom is 0.301 e. The lowest BCUT2D eigenvalue weighted by Gasteiger charge is -2.19. The molecule has 0 spiro atoms. The first-order valence-corrected chi connectivity index (χ1v) is 22.2. The van der Waals surface area contributed by atoms with Gasteiger partial charge in [0.1, 0.15) is 40.5 Å². The molecule has 2 fully saturated rings. The highest BCUT2D eigenvalue weighted by molar-refractivity contribution is 7.91. The van der Waals surface area contributed by atoms with Crippen LogP contribution in [0.1, 0.15) is 13.8 Å². The third-order valence-corrected chi connectivity index (χ3v) is 11.6. The molecule has 2 aliphatic heterocycles. The number of halogens is 1. The minimum absolute atomic E-state index is 0.0643. The molecule has 1 unspecified atom stereocenters. The van der Waals surface area contributed by atoms with Crippen LogP contribution in [0.3, 0.4) is 0 Å². The summed E-state index contributed by atoms with van der Waals surface area (Å²) in [5.74, 6) is 0. The van der Waals surface area contributed by atoms with Crippen LogP contribution in [0, 0.1) is 0 Å². The topological polar surface area (TPSA) is 129 Å². The van der Waals surface area contributed by atoms with Gasteiger partial charge in [-0.05, 0) is 49.2 Å². The maximum absolute atomic E-state index is 12.7. The molecule has 48 heavy (non-hydrogen) atoms. The van der Waals surface area contributed by atoms with Crippen LogP contribution in [0.25, 0.3) is 33.5 Å². The number of ether oxygens (including phenoxy) is 4. The highest BCUT2D eigenvalue weighted by Gasteiger charge is 2.49. The van der Waals surface area contributed by atoms with Crippen molar-refractivity contribution in [2.24, 2.45) is 4.36 Å². The molecule has 0 amide bonds. The number of nitrogens with one attached hydrogen (secondary N) is 1. The zero-order chi connectivity index (χ0) is 34.2. The average Bonchev–Trinajstić information content (AvgIpc) is 3.68. The van der Waals surface area contributed by atoms with Gasteiger partial charge in [-0.25, -0.2) is 13.9 Å². The van der Waals surface area contributed by atoms with E-state index in [2.05, 4.69) is 28.7 Å². The Kier molecular flexibility index (Phi) is 10.3. The van der Waals surface area contributed by atoms with Gasteiger partial charge in [-0.2, -0.15) is 9.35 Å². The predicted molar refractivity (Wildman–Crippen MR) is 192 cm³/mol. The van der Waals surface area contributed by atoms with E-state index < -0.39 is 36.3 Å². The van der Waals surface area contributed by atoms with Crippen molar-refractivity contribution in [1.82, 2.24) is 19.3 Å². The molecule has 2 saturated heterocycles. The van der Waals surface area contributed by atoms with Gasteiger partial charge < -0.3 is 24.1 Å². The van der Waals surface area contributed by atoms with Crippen molar-refractivity contribution in [2.45, 2.75) is 76.7 Å². The largest absolute Gasteiger partial charge is 0.456 e. The highest BCUT2D eigenvalue weighted by atomic mass is 35.5. The third-order valence-electron chi connectivity index (χ3n) is 8.19. The van der Waals surface area contributed by atoms with Crippen LogP contribution in [0.2, 0.25) is 30.7 Å². The van der Waals surface area contributed by atoms with Crippen LogP contribution in [0.4, 0.5) is 5.69 Å². The number of aliphatic hydroxyl groups excluding tert-OH is 1. The van der Waals surface area contributed by atoms with Crippen molar-refractivity contribution in [3.63, 3.8) is 0 Å². The number of nitrogens with zero attached hydrogens (tertiary/aromatic N) is 4. The monoisotopic (exact) mass is 713 g/mol. The van der Waals surface area contributed by atoms with Gasteiger partial charge in [0.15, 0.2) is 11.8 Å². The lowest BCUT2D eigenvalue weighted by molar-refractivity contribution is 0.00336.